The number of β-lactam (4-membered cyclic amide) rings is 1. The minimum atomic E-state index is -3.73. The molecule has 3 rings (SSSR count). The number of fused-ring (bicyclic) bond motifs is 1. The van der Waals surface area contributed by atoms with Crippen LogP contribution in [0.5, 0.6) is 0 Å². The summed E-state index contributed by atoms with van der Waals surface area (Å²) in [5, 5.41) is 1.36. The van der Waals surface area contributed by atoms with Crippen LogP contribution in [0, 0.1) is 5.41 Å². The number of ketones is 1. The van der Waals surface area contributed by atoms with Crippen LogP contribution in [0.2, 0.25) is 0 Å². The number of hydrogen-bond donors (Lipinski definition) is 1. The summed E-state index contributed by atoms with van der Waals surface area (Å²) < 4.78 is 32.0. The van der Waals surface area contributed by atoms with Crippen molar-refractivity contribution in [2.45, 2.75) is 37.4 Å². The molecule has 2 aliphatic rings. The minimum Gasteiger partial charge on any atom is -0.357 e. The number of aryl methyl sites for hydroxylation is 1. The highest BCUT2D eigenvalue weighted by Gasteiger charge is 2.57. The number of H-pyrrole nitrogens is 1. The number of ether oxygens (including phenoxy) is 1. The predicted molar refractivity (Wildman–Crippen MR) is 108 cm³/mol. The smallest absolute Gasteiger partial charge is 0.339 e. The molecule has 2 aliphatic heterocycles. The van der Waals surface area contributed by atoms with Crippen molar-refractivity contribution in [1.82, 2.24) is 19.7 Å². The van der Waals surface area contributed by atoms with Crippen molar-refractivity contribution in [2.75, 3.05) is 18.1 Å². The maximum atomic E-state index is 12.7. The summed E-state index contributed by atoms with van der Waals surface area (Å²) in [7, 11) is -2.23. The molecule has 1 amide bonds. The third-order valence-electron chi connectivity index (χ3n) is 4.67. The first kappa shape index (κ1) is 22.4. The Morgan fingerprint density at radius 3 is 2.63 bits per heavy atom. The molecule has 0 aromatic carbocycles. The normalized spacial score (nSPS) is 22.9. The second-order valence-corrected chi connectivity index (χ2v) is 11.2. The standard InChI is InChI=1S/C17H22N4O7S2/c1-17(2,3)10(22)6-28-11-14(25)21-5-9(8-30(26,27)15(11)21)7-29-16-18-12(23)13(24)19-20(16)4/h5,11,15H,6-8H2,1-4H3,(H,19,24)/t11-,15-/m0/s1. The van der Waals surface area contributed by atoms with Gasteiger partial charge in [0.2, 0.25) is 0 Å². The number of carbonyl (C=O) groups excluding carboxylic acids is 2. The highest BCUT2D eigenvalue weighted by molar-refractivity contribution is 7.99. The lowest BCUT2D eigenvalue weighted by Crippen LogP contribution is -2.68. The van der Waals surface area contributed by atoms with Crippen LogP contribution in [-0.4, -0.2) is 69.4 Å². The van der Waals surface area contributed by atoms with E-state index < -0.39 is 43.8 Å². The zero-order valence-electron chi connectivity index (χ0n) is 16.9. The van der Waals surface area contributed by atoms with E-state index in [1.54, 1.807) is 20.8 Å². The van der Waals surface area contributed by atoms with Crippen LogP contribution in [-0.2, 0) is 31.2 Å². The van der Waals surface area contributed by atoms with E-state index in [1.165, 1.54) is 17.9 Å². The number of Topliss-reactive ketones (excluding diaryl/α,β-unsaturated/α-hetero) is 1. The Morgan fingerprint density at radius 2 is 2.00 bits per heavy atom. The van der Waals surface area contributed by atoms with Gasteiger partial charge in [0.25, 0.3) is 5.91 Å². The van der Waals surface area contributed by atoms with Crippen LogP contribution in [0.25, 0.3) is 0 Å². The second kappa shape index (κ2) is 7.78. The summed E-state index contributed by atoms with van der Waals surface area (Å²) in [6.45, 7) is 4.80. The number of aromatic amines is 1. The van der Waals surface area contributed by atoms with Gasteiger partial charge in [-0.3, -0.25) is 33.9 Å². The van der Waals surface area contributed by atoms with Crippen molar-refractivity contribution in [1.29, 1.82) is 0 Å². The maximum Gasteiger partial charge on any atom is 0.339 e. The molecule has 1 saturated heterocycles. The van der Waals surface area contributed by atoms with Gasteiger partial charge in [-0.1, -0.05) is 32.5 Å². The Balaban J connectivity index is 1.71. The van der Waals surface area contributed by atoms with Crippen LogP contribution in [0.3, 0.4) is 0 Å². The Kier molecular flexibility index (Phi) is 5.82. The summed E-state index contributed by atoms with van der Waals surface area (Å²) in [5.74, 6) is -0.898. The molecule has 11 nitrogen and oxygen atoms in total. The first-order valence-electron chi connectivity index (χ1n) is 8.99. The van der Waals surface area contributed by atoms with Crippen LogP contribution >= 0.6 is 11.8 Å². The number of thioether (sulfide) groups is 1. The molecular weight excluding hydrogens is 436 g/mol. The van der Waals surface area contributed by atoms with Crippen molar-refractivity contribution in [3.05, 3.63) is 32.5 Å². The average molecular weight is 459 g/mol. The summed E-state index contributed by atoms with van der Waals surface area (Å²) >= 11 is 1.06. The molecule has 13 heteroatoms. The Labute approximate surface area is 176 Å². The summed E-state index contributed by atoms with van der Waals surface area (Å²) in [6.07, 6.45) is 0.254. The summed E-state index contributed by atoms with van der Waals surface area (Å²) in [6, 6.07) is 0. The Bertz CT molecular complexity index is 1140. The molecule has 3 heterocycles. The third kappa shape index (κ3) is 4.27. The van der Waals surface area contributed by atoms with Gasteiger partial charge in [0.15, 0.2) is 32.3 Å². The number of sulfone groups is 1. The van der Waals surface area contributed by atoms with Gasteiger partial charge in [0.1, 0.15) is 6.61 Å². The number of hydrogen-bond acceptors (Lipinski definition) is 9. The largest absolute Gasteiger partial charge is 0.357 e. The van der Waals surface area contributed by atoms with E-state index in [-0.39, 0.29) is 29.1 Å². The van der Waals surface area contributed by atoms with Gasteiger partial charge < -0.3 is 4.74 Å². The second-order valence-electron chi connectivity index (χ2n) is 8.12. The van der Waals surface area contributed by atoms with Crippen molar-refractivity contribution in [2.24, 2.45) is 12.5 Å². The SMILES string of the molecule is Cn1[nH]c(=O)c(=O)nc1SCC1=CN2C(=O)[C@H](OCC(=O)C(C)(C)C)[C@@H]2S(=O)(=O)C1. The lowest BCUT2D eigenvalue weighted by molar-refractivity contribution is -0.163. The predicted octanol–water partition coefficient (Wildman–Crippen LogP) is -0.958. The number of amides is 1. The topological polar surface area (TPSA) is 148 Å². The van der Waals surface area contributed by atoms with Gasteiger partial charge >= 0.3 is 11.1 Å². The van der Waals surface area contributed by atoms with Crippen molar-refractivity contribution < 1.29 is 22.7 Å². The molecule has 164 valence electrons. The average Bonchev–Trinajstić information content (AvgIpc) is 2.62. The van der Waals surface area contributed by atoms with E-state index in [2.05, 4.69) is 10.1 Å². The summed E-state index contributed by atoms with van der Waals surface area (Å²) in [5.41, 5.74) is -2.01. The number of aromatic nitrogens is 3. The zero-order valence-corrected chi connectivity index (χ0v) is 18.5. The number of nitrogens with one attached hydrogen (secondary N) is 1. The van der Waals surface area contributed by atoms with E-state index in [1.807, 2.05) is 0 Å². The van der Waals surface area contributed by atoms with Crippen LogP contribution < -0.4 is 11.1 Å². The van der Waals surface area contributed by atoms with Crippen LogP contribution in [0.15, 0.2) is 26.5 Å². The molecule has 2 atom stereocenters. The quantitative estimate of drug-likeness (QED) is 0.323. The minimum absolute atomic E-state index is 0.149. The molecule has 1 aromatic heterocycles. The van der Waals surface area contributed by atoms with E-state index in [4.69, 9.17) is 4.74 Å². The lowest BCUT2D eigenvalue weighted by Gasteiger charge is -2.46. The number of carbonyl (C=O) groups is 2. The van der Waals surface area contributed by atoms with Crippen molar-refractivity contribution in [3.8, 4) is 0 Å². The Morgan fingerprint density at radius 1 is 1.33 bits per heavy atom. The fraction of sp³-hybridized carbons (Fsp3) is 0.588. The molecule has 30 heavy (non-hydrogen) atoms. The fourth-order valence-electron chi connectivity index (χ4n) is 2.90. The zero-order chi connectivity index (χ0) is 22.4. The third-order valence-corrected chi connectivity index (χ3v) is 7.79. The van der Waals surface area contributed by atoms with Crippen molar-refractivity contribution in [3.63, 3.8) is 0 Å². The first-order valence-corrected chi connectivity index (χ1v) is 11.7. The number of nitrogens with zero attached hydrogens (tertiary/aromatic N) is 3. The van der Waals surface area contributed by atoms with Gasteiger partial charge in [-0.2, -0.15) is 4.98 Å². The van der Waals surface area contributed by atoms with Gasteiger partial charge in [-0.15, -0.1) is 0 Å². The molecule has 1 fully saturated rings. The van der Waals surface area contributed by atoms with E-state index in [9.17, 15) is 27.6 Å². The van der Waals surface area contributed by atoms with Gasteiger partial charge in [-0.25, -0.2) is 8.42 Å². The monoisotopic (exact) mass is 458 g/mol. The highest BCUT2D eigenvalue weighted by atomic mass is 32.2. The molecule has 1 N–H and O–H groups in total. The molecular formula is C17H22N4O7S2. The maximum absolute atomic E-state index is 12.7. The molecule has 0 unspecified atom stereocenters. The first-order chi connectivity index (χ1) is 13.8. The van der Waals surface area contributed by atoms with Gasteiger partial charge in [-0.05, 0) is 5.57 Å². The van der Waals surface area contributed by atoms with Gasteiger partial charge in [0, 0.05) is 24.4 Å². The van der Waals surface area contributed by atoms with E-state index in [0.717, 1.165) is 16.7 Å². The highest BCUT2D eigenvalue weighted by Crippen LogP contribution is 2.35. The van der Waals surface area contributed by atoms with Crippen LogP contribution in [0.4, 0.5) is 0 Å². The van der Waals surface area contributed by atoms with Crippen LogP contribution in [0.1, 0.15) is 20.8 Å². The van der Waals surface area contributed by atoms with Gasteiger partial charge in [0.05, 0.1) is 5.75 Å². The summed E-state index contributed by atoms with van der Waals surface area (Å²) in [4.78, 5) is 51.8. The van der Waals surface area contributed by atoms with E-state index >= 15 is 0 Å². The van der Waals surface area contributed by atoms with Crippen molar-refractivity contribution >= 4 is 33.3 Å². The molecule has 0 saturated carbocycles. The molecule has 0 radical (unpaired) electrons. The Hall–Kier alpha value is -2.25. The molecule has 1 aromatic rings. The molecule has 0 spiro atoms. The molecule has 0 bridgehead atoms. The lowest BCUT2D eigenvalue weighted by atomic mass is 9.91. The molecule has 0 aliphatic carbocycles. The number of rotatable bonds is 6. The van der Waals surface area contributed by atoms with E-state index in [0.29, 0.717) is 5.57 Å². The fourth-order valence-corrected chi connectivity index (χ4v) is 5.85.